The van der Waals surface area contributed by atoms with Gasteiger partial charge >= 0.3 is 5.97 Å². The van der Waals surface area contributed by atoms with E-state index in [2.05, 4.69) is 10.3 Å². The topological polar surface area (TPSA) is 84.2 Å². The predicted octanol–water partition coefficient (Wildman–Crippen LogP) is 0.649. The van der Waals surface area contributed by atoms with Crippen LogP contribution in [0.4, 0.5) is 0 Å². The molecule has 2 N–H and O–H groups in total. The highest BCUT2D eigenvalue weighted by Crippen LogP contribution is 2.06. The number of carbonyl (C=O) groups is 2. The van der Waals surface area contributed by atoms with Crippen molar-refractivity contribution in [3.05, 3.63) is 18.2 Å². The third-order valence-electron chi connectivity index (χ3n) is 2.36. The summed E-state index contributed by atoms with van der Waals surface area (Å²) in [4.78, 5) is 26.6. The van der Waals surface area contributed by atoms with E-state index < -0.39 is 17.9 Å². The number of carboxylic acid groups (broad SMARTS) is 1. The van der Waals surface area contributed by atoms with Gasteiger partial charge in [-0.15, -0.1) is 0 Å². The van der Waals surface area contributed by atoms with Crippen molar-refractivity contribution < 1.29 is 14.7 Å². The van der Waals surface area contributed by atoms with Gasteiger partial charge in [0, 0.05) is 7.05 Å². The Labute approximate surface area is 99.7 Å². The summed E-state index contributed by atoms with van der Waals surface area (Å²) in [5.41, 5.74) is 0.347. The number of hydrogen-bond donors (Lipinski definition) is 2. The molecular formula is C11H17N3O3. The third kappa shape index (κ3) is 3.58. The number of aryl methyl sites for hydroxylation is 1. The first-order chi connectivity index (χ1) is 7.91. The quantitative estimate of drug-likeness (QED) is 0.790. The summed E-state index contributed by atoms with van der Waals surface area (Å²) >= 11 is 0. The van der Waals surface area contributed by atoms with Crippen molar-refractivity contribution >= 4 is 11.9 Å². The monoisotopic (exact) mass is 239 g/mol. The number of carboxylic acids is 1. The molecule has 1 aromatic heterocycles. The summed E-state index contributed by atoms with van der Waals surface area (Å²) in [6.07, 6.45) is 3.30. The zero-order valence-corrected chi connectivity index (χ0v) is 10.2. The molecule has 1 amide bonds. The van der Waals surface area contributed by atoms with Crippen molar-refractivity contribution in [2.45, 2.75) is 26.3 Å². The number of nitrogens with one attached hydrogen (secondary N) is 1. The van der Waals surface area contributed by atoms with Crippen LogP contribution >= 0.6 is 0 Å². The lowest BCUT2D eigenvalue weighted by Gasteiger charge is -2.16. The van der Waals surface area contributed by atoms with Crippen LogP contribution in [0.2, 0.25) is 0 Å². The van der Waals surface area contributed by atoms with Crippen molar-refractivity contribution in [1.29, 1.82) is 0 Å². The standard InChI is InChI=1S/C11H17N3O3/c1-7(2)4-8(11(16)17)13-10(15)9-5-12-6-14(9)3/h5-8H,4H2,1-3H3,(H,13,15)(H,16,17). The molecule has 0 saturated carbocycles. The maximum absolute atomic E-state index is 11.8. The van der Waals surface area contributed by atoms with E-state index in [4.69, 9.17) is 5.11 Å². The van der Waals surface area contributed by atoms with Crippen LogP contribution in [0, 0.1) is 5.92 Å². The zero-order valence-electron chi connectivity index (χ0n) is 10.2. The largest absolute Gasteiger partial charge is 0.480 e. The summed E-state index contributed by atoms with van der Waals surface area (Å²) in [5, 5.41) is 11.5. The molecule has 0 fully saturated rings. The Morgan fingerprint density at radius 3 is 2.59 bits per heavy atom. The maximum Gasteiger partial charge on any atom is 0.326 e. The van der Waals surface area contributed by atoms with E-state index >= 15 is 0 Å². The fourth-order valence-electron chi connectivity index (χ4n) is 1.50. The van der Waals surface area contributed by atoms with Gasteiger partial charge < -0.3 is 15.0 Å². The van der Waals surface area contributed by atoms with E-state index in [0.29, 0.717) is 12.1 Å². The van der Waals surface area contributed by atoms with Crippen LogP contribution in [-0.4, -0.2) is 32.6 Å². The molecule has 1 unspecified atom stereocenters. The molecular weight excluding hydrogens is 222 g/mol. The van der Waals surface area contributed by atoms with Crippen LogP contribution in [0.25, 0.3) is 0 Å². The lowest BCUT2D eigenvalue weighted by atomic mass is 10.0. The van der Waals surface area contributed by atoms with Gasteiger partial charge in [0.2, 0.25) is 0 Å². The summed E-state index contributed by atoms with van der Waals surface area (Å²) in [6.45, 7) is 3.82. The molecule has 1 atom stereocenters. The van der Waals surface area contributed by atoms with Crippen LogP contribution in [0.1, 0.15) is 30.8 Å². The number of nitrogens with zero attached hydrogens (tertiary/aromatic N) is 2. The van der Waals surface area contributed by atoms with Crippen LogP contribution in [0.5, 0.6) is 0 Å². The van der Waals surface area contributed by atoms with Crippen molar-refractivity contribution in [3.8, 4) is 0 Å². The van der Waals surface area contributed by atoms with Gasteiger partial charge in [0.25, 0.3) is 5.91 Å². The van der Waals surface area contributed by atoms with Gasteiger partial charge in [0.1, 0.15) is 11.7 Å². The average molecular weight is 239 g/mol. The molecule has 94 valence electrons. The first-order valence-electron chi connectivity index (χ1n) is 5.41. The van der Waals surface area contributed by atoms with E-state index in [1.54, 1.807) is 11.6 Å². The van der Waals surface area contributed by atoms with Crippen molar-refractivity contribution in [3.63, 3.8) is 0 Å². The van der Waals surface area contributed by atoms with Crippen molar-refractivity contribution in [2.75, 3.05) is 0 Å². The number of imidazole rings is 1. The molecule has 6 heteroatoms. The number of hydrogen-bond acceptors (Lipinski definition) is 3. The van der Waals surface area contributed by atoms with E-state index in [0.717, 1.165) is 0 Å². The minimum Gasteiger partial charge on any atom is -0.480 e. The number of carbonyl (C=O) groups excluding carboxylic acids is 1. The SMILES string of the molecule is CC(C)CC(NC(=O)c1cncn1C)C(=O)O. The predicted molar refractivity (Wildman–Crippen MR) is 61.6 cm³/mol. The lowest BCUT2D eigenvalue weighted by Crippen LogP contribution is -2.42. The average Bonchev–Trinajstić information content (AvgIpc) is 2.62. The number of amides is 1. The van der Waals surface area contributed by atoms with Crippen LogP contribution < -0.4 is 5.32 Å². The molecule has 0 spiro atoms. The summed E-state index contributed by atoms with van der Waals surface area (Å²) in [5.74, 6) is -1.24. The Bertz CT molecular complexity index is 412. The van der Waals surface area contributed by atoms with E-state index in [-0.39, 0.29) is 5.92 Å². The highest BCUT2D eigenvalue weighted by atomic mass is 16.4. The van der Waals surface area contributed by atoms with Gasteiger partial charge in [-0.3, -0.25) is 4.79 Å². The molecule has 0 aliphatic rings. The molecule has 0 radical (unpaired) electrons. The van der Waals surface area contributed by atoms with Gasteiger partial charge in [0.05, 0.1) is 12.5 Å². The Kier molecular flexibility index (Phi) is 4.25. The second-order valence-corrected chi connectivity index (χ2v) is 4.38. The van der Waals surface area contributed by atoms with Gasteiger partial charge in [0.15, 0.2) is 0 Å². The Balaban J connectivity index is 2.71. The third-order valence-corrected chi connectivity index (χ3v) is 2.36. The lowest BCUT2D eigenvalue weighted by molar-refractivity contribution is -0.139. The molecule has 0 saturated heterocycles. The normalized spacial score (nSPS) is 12.5. The van der Waals surface area contributed by atoms with Gasteiger partial charge in [-0.25, -0.2) is 9.78 Å². The summed E-state index contributed by atoms with van der Waals surface area (Å²) < 4.78 is 1.55. The van der Waals surface area contributed by atoms with Gasteiger partial charge in [-0.05, 0) is 12.3 Å². The minimum absolute atomic E-state index is 0.197. The van der Waals surface area contributed by atoms with E-state index in [1.165, 1.54) is 12.5 Å². The minimum atomic E-state index is -1.02. The Hall–Kier alpha value is -1.85. The number of aromatic nitrogens is 2. The van der Waals surface area contributed by atoms with Crippen LogP contribution in [0.15, 0.2) is 12.5 Å². The van der Waals surface area contributed by atoms with Crippen molar-refractivity contribution in [2.24, 2.45) is 13.0 Å². The molecule has 6 nitrogen and oxygen atoms in total. The molecule has 17 heavy (non-hydrogen) atoms. The highest BCUT2D eigenvalue weighted by Gasteiger charge is 2.22. The summed E-state index contributed by atoms with van der Waals surface area (Å²) in [6, 6.07) is -0.864. The van der Waals surface area contributed by atoms with Gasteiger partial charge in [-0.2, -0.15) is 0 Å². The number of rotatable bonds is 5. The smallest absolute Gasteiger partial charge is 0.326 e. The Morgan fingerprint density at radius 2 is 2.18 bits per heavy atom. The molecule has 1 rings (SSSR count). The van der Waals surface area contributed by atoms with Crippen LogP contribution in [0.3, 0.4) is 0 Å². The molecule has 1 aromatic rings. The molecule has 0 aliphatic carbocycles. The fraction of sp³-hybridized carbons (Fsp3) is 0.545. The highest BCUT2D eigenvalue weighted by molar-refractivity contribution is 5.95. The van der Waals surface area contributed by atoms with E-state index in [1.807, 2.05) is 13.8 Å². The second-order valence-electron chi connectivity index (χ2n) is 4.38. The fourth-order valence-corrected chi connectivity index (χ4v) is 1.50. The summed E-state index contributed by atoms with van der Waals surface area (Å²) in [7, 11) is 1.68. The van der Waals surface area contributed by atoms with Gasteiger partial charge in [-0.1, -0.05) is 13.8 Å². The number of aliphatic carboxylic acids is 1. The molecule has 0 bridgehead atoms. The first kappa shape index (κ1) is 13.2. The van der Waals surface area contributed by atoms with E-state index in [9.17, 15) is 9.59 Å². The second kappa shape index (κ2) is 5.47. The first-order valence-corrected chi connectivity index (χ1v) is 5.41. The Morgan fingerprint density at radius 1 is 1.53 bits per heavy atom. The maximum atomic E-state index is 11.8. The molecule has 1 heterocycles. The molecule has 0 aliphatic heterocycles. The van der Waals surface area contributed by atoms with Crippen LogP contribution in [-0.2, 0) is 11.8 Å². The zero-order chi connectivity index (χ0) is 13.0. The molecule has 0 aromatic carbocycles. The van der Waals surface area contributed by atoms with Crippen molar-refractivity contribution in [1.82, 2.24) is 14.9 Å².